The van der Waals surface area contributed by atoms with Crippen LogP contribution in [0.5, 0.6) is 0 Å². The third kappa shape index (κ3) is 4.76. The summed E-state index contributed by atoms with van der Waals surface area (Å²) in [4.78, 5) is 24.5. The van der Waals surface area contributed by atoms with Gasteiger partial charge in [0, 0.05) is 36.6 Å². The van der Waals surface area contributed by atoms with E-state index in [2.05, 4.69) is 23.7 Å². The molecule has 0 N–H and O–H groups in total. The second-order valence-electron chi connectivity index (χ2n) is 8.62. The Morgan fingerprint density at radius 1 is 1.07 bits per heavy atom. The predicted molar refractivity (Wildman–Crippen MR) is 122 cm³/mol. The fourth-order valence-corrected chi connectivity index (χ4v) is 4.36. The summed E-state index contributed by atoms with van der Waals surface area (Å²) >= 11 is 0. The normalized spacial score (nSPS) is 16.6. The Morgan fingerprint density at radius 3 is 2.70 bits per heavy atom. The van der Waals surface area contributed by atoms with Gasteiger partial charge in [-0.05, 0) is 54.9 Å². The summed E-state index contributed by atoms with van der Waals surface area (Å²) in [5.41, 5.74) is 3.03. The number of hydrogen-bond donors (Lipinski definition) is 0. The molecule has 0 radical (unpaired) electrons. The molecule has 4 heteroatoms. The fraction of sp³-hybridized carbons (Fsp3) is 0.346. The molecule has 0 amide bonds. The van der Waals surface area contributed by atoms with Crippen LogP contribution in [0.15, 0.2) is 67.0 Å². The lowest BCUT2D eigenvalue weighted by Gasteiger charge is -2.34. The minimum Gasteiger partial charge on any atom is -0.356 e. The number of piperidine rings is 1. The highest BCUT2D eigenvalue weighted by Gasteiger charge is 2.22. The van der Waals surface area contributed by atoms with Gasteiger partial charge in [-0.3, -0.25) is 9.78 Å². The molecule has 4 nitrogen and oxygen atoms in total. The Morgan fingerprint density at radius 2 is 1.90 bits per heavy atom. The first kappa shape index (κ1) is 20.3. The van der Waals surface area contributed by atoms with E-state index in [1.165, 1.54) is 19.3 Å². The van der Waals surface area contributed by atoms with Crippen LogP contribution in [-0.4, -0.2) is 28.8 Å². The molecule has 30 heavy (non-hydrogen) atoms. The number of pyridine rings is 2. The summed E-state index contributed by atoms with van der Waals surface area (Å²) in [6, 6.07) is 17.7. The molecule has 1 aliphatic heterocycles. The number of ketones is 1. The third-order valence-corrected chi connectivity index (χ3v) is 5.72. The number of benzene rings is 1. The number of nitrogens with zero attached hydrogens (tertiary/aromatic N) is 3. The van der Waals surface area contributed by atoms with Crippen LogP contribution in [0.2, 0.25) is 0 Å². The minimum atomic E-state index is -0.0853. The summed E-state index contributed by atoms with van der Waals surface area (Å²) in [6.07, 6.45) is 7.12. The monoisotopic (exact) mass is 399 g/mol. The summed E-state index contributed by atoms with van der Waals surface area (Å²) in [7, 11) is 0. The first-order chi connectivity index (χ1) is 14.6. The standard InChI is InChI=1S/C26H29N3O/c1-19(2)14-20-8-7-13-29(18-20)25-12-6-11-24(28-25)26(30)23-15-22(16-27-17-23)21-9-4-3-5-10-21/h3-6,9-12,15-17,19-20H,7-8,13-14,18H2,1-2H3/t20-/m0/s1. The van der Waals surface area contributed by atoms with Crippen LogP contribution in [0.1, 0.15) is 49.2 Å². The summed E-state index contributed by atoms with van der Waals surface area (Å²) < 4.78 is 0. The van der Waals surface area contributed by atoms with Crippen LogP contribution in [0.25, 0.3) is 11.1 Å². The SMILES string of the molecule is CC(C)C[C@@H]1CCCN(c2cccc(C(=O)c3cncc(-c4ccccc4)c3)n2)C1. The number of rotatable bonds is 6. The second-order valence-corrected chi connectivity index (χ2v) is 8.62. The molecule has 3 aromatic rings. The maximum absolute atomic E-state index is 13.2. The molecular formula is C26H29N3O. The van der Waals surface area contributed by atoms with Crippen molar-refractivity contribution in [2.75, 3.05) is 18.0 Å². The van der Waals surface area contributed by atoms with Crippen molar-refractivity contribution in [3.8, 4) is 11.1 Å². The van der Waals surface area contributed by atoms with Crippen LogP contribution >= 0.6 is 0 Å². The Hall–Kier alpha value is -3.01. The van der Waals surface area contributed by atoms with Crippen LogP contribution in [-0.2, 0) is 0 Å². The number of aromatic nitrogens is 2. The van der Waals surface area contributed by atoms with Gasteiger partial charge in [0.1, 0.15) is 11.5 Å². The van der Waals surface area contributed by atoms with Gasteiger partial charge in [0.15, 0.2) is 0 Å². The van der Waals surface area contributed by atoms with E-state index in [-0.39, 0.29) is 5.78 Å². The minimum absolute atomic E-state index is 0.0853. The molecular weight excluding hydrogens is 370 g/mol. The average molecular weight is 400 g/mol. The van der Waals surface area contributed by atoms with Crippen LogP contribution in [0.3, 0.4) is 0 Å². The lowest BCUT2D eigenvalue weighted by atomic mass is 9.90. The quantitative estimate of drug-likeness (QED) is 0.504. The summed E-state index contributed by atoms with van der Waals surface area (Å²) in [6.45, 7) is 6.60. The zero-order valence-electron chi connectivity index (χ0n) is 17.8. The molecule has 1 saturated heterocycles. The Labute approximate surface area is 179 Å². The van der Waals surface area contributed by atoms with Gasteiger partial charge in [0.05, 0.1) is 0 Å². The van der Waals surface area contributed by atoms with Gasteiger partial charge in [-0.1, -0.05) is 50.2 Å². The van der Waals surface area contributed by atoms with Crippen LogP contribution in [0.4, 0.5) is 5.82 Å². The van der Waals surface area contributed by atoms with Crippen molar-refractivity contribution in [3.63, 3.8) is 0 Å². The van der Waals surface area contributed by atoms with E-state index in [1.54, 1.807) is 18.5 Å². The number of anilines is 1. The van der Waals surface area contributed by atoms with Gasteiger partial charge in [-0.25, -0.2) is 4.98 Å². The third-order valence-electron chi connectivity index (χ3n) is 5.72. The highest BCUT2D eigenvalue weighted by molar-refractivity contribution is 6.08. The molecule has 3 heterocycles. The van der Waals surface area contributed by atoms with Crippen molar-refractivity contribution >= 4 is 11.6 Å². The van der Waals surface area contributed by atoms with Crippen molar-refractivity contribution in [1.82, 2.24) is 9.97 Å². The van der Waals surface area contributed by atoms with Crippen LogP contribution < -0.4 is 4.90 Å². The molecule has 2 aromatic heterocycles. The van der Waals surface area contributed by atoms with Crippen molar-refractivity contribution in [2.24, 2.45) is 11.8 Å². The Bertz CT molecular complexity index is 1000. The highest BCUT2D eigenvalue weighted by Crippen LogP contribution is 2.27. The number of carbonyl (C=O) groups is 1. The molecule has 0 aliphatic carbocycles. The van der Waals surface area contributed by atoms with Crippen molar-refractivity contribution in [3.05, 3.63) is 78.2 Å². The average Bonchev–Trinajstić information content (AvgIpc) is 2.79. The molecule has 0 saturated carbocycles. The van der Waals surface area contributed by atoms with Gasteiger partial charge in [0.2, 0.25) is 5.78 Å². The molecule has 4 rings (SSSR count). The molecule has 1 aromatic carbocycles. The van der Waals surface area contributed by atoms with Gasteiger partial charge in [-0.15, -0.1) is 0 Å². The molecule has 0 unspecified atom stereocenters. The molecule has 0 spiro atoms. The van der Waals surface area contributed by atoms with Crippen molar-refractivity contribution in [1.29, 1.82) is 0 Å². The van der Waals surface area contributed by atoms with Gasteiger partial charge < -0.3 is 4.90 Å². The first-order valence-electron chi connectivity index (χ1n) is 10.9. The largest absolute Gasteiger partial charge is 0.356 e. The number of carbonyl (C=O) groups excluding carboxylic acids is 1. The zero-order chi connectivity index (χ0) is 20.9. The maximum Gasteiger partial charge on any atom is 0.212 e. The molecule has 1 fully saturated rings. The molecule has 1 atom stereocenters. The van der Waals surface area contributed by atoms with Crippen molar-refractivity contribution in [2.45, 2.75) is 33.1 Å². The molecule has 1 aliphatic rings. The van der Waals surface area contributed by atoms with Gasteiger partial charge >= 0.3 is 0 Å². The van der Waals surface area contributed by atoms with E-state index in [4.69, 9.17) is 4.98 Å². The predicted octanol–water partition coefficient (Wildman–Crippen LogP) is 5.64. The molecule has 154 valence electrons. The van der Waals surface area contributed by atoms with Crippen LogP contribution in [0, 0.1) is 11.8 Å². The first-order valence-corrected chi connectivity index (χ1v) is 10.9. The van der Waals surface area contributed by atoms with Gasteiger partial charge in [0.25, 0.3) is 0 Å². The van der Waals surface area contributed by atoms with Crippen molar-refractivity contribution < 1.29 is 4.79 Å². The van der Waals surface area contributed by atoms with Gasteiger partial charge in [-0.2, -0.15) is 0 Å². The summed E-state index contributed by atoms with van der Waals surface area (Å²) in [5.74, 6) is 2.23. The Kier molecular flexibility index (Phi) is 6.22. The topological polar surface area (TPSA) is 46.1 Å². The lowest BCUT2D eigenvalue weighted by molar-refractivity contribution is 0.103. The van der Waals surface area contributed by atoms with E-state index in [0.717, 1.165) is 30.0 Å². The lowest BCUT2D eigenvalue weighted by Crippen LogP contribution is -2.36. The Balaban J connectivity index is 1.55. The maximum atomic E-state index is 13.2. The molecule has 0 bridgehead atoms. The van der Waals surface area contributed by atoms with E-state index >= 15 is 0 Å². The summed E-state index contributed by atoms with van der Waals surface area (Å²) in [5, 5.41) is 0. The van der Waals surface area contributed by atoms with E-state index in [1.807, 2.05) is 48.5 Å². The zero-order valence-corrected chi connectivity index (χ0v) is 17.8. The van der Waals surface area contributed by atoms with E-state index in [9.17, 15) is 4.79 Å². The fourth-order valence-electron chi connectivity index (χ4n) is 4.36. The van der Waals surface area contributed by atoms with E-state index in [0.29, 0.717) is 23.1 Å². The number of hydrogen-bond acceptors (Lipinski definition) is 4. The smallest absolute Gasteiger partial charge is 0.212 e. The van der Waals surface area contributed by atoms with E-state index < -0.39 is 0 Å². The second kappa shape index (κ2) is 9.21. The highest BCUT2D eigenvalue weighted by atomic mass is 16.1.